The molecule has 9 heteroatoms. The quantitative estimate of drug-likeness (QED) is 0.617. The SMILES string of the molecule is COCCCNC(=O)c1cc(S(=O)(=O)Cl)c(Br)o1. The van der Waals surface area contributed by atoms with Gasteiger partial charge in [-0.2, -0.15) is 0 Å². The van der Waals surface area contributed by atoms with Crippen LogP contribution in [0.5, 0.6) is 0 Å². The number of carbonyl (C=O) groups excluding carboxylic acids is 1. The average Bonchev–Trinajstić information content (AvgIpc) is 2.66. The maximum absolute atomic E-state index is 11.6. The summed E-state index contributed by atoms with van der Waals surface area (Å²) < 4.78 is 31.9. The van der Waals surface area contributed by atoms with Gasteiger partial charge in [-0.05, 0) is 22.4 Å². The molecule has 6 nitrogen and oxygen atoms in total. The Bertz CT molecular complexity index is 527. The number of methoxy groups -OCH3 is 1. The first-order chi connectivity index (χ1) is 8.36. The van der Waals surface area contributed by atoms with Gasteiger partial charge in [0.1, 0.15) is 4.90 Å². The summed E-state index contributed by atoms with van der Waals surface area (Å²) in [6.07, 6.45) is 0.644. The Morgan fingerprint density at radius 2 is 2.28 bits per heavy atom. The molecule has 1 aromatic rings. The van der Waals surface area contributed by atoms with Crippen LogP contribution in [0.3, 0.4) is 0 Å². The van der Waals surface area contributed by atoms with Crippen molar-refractivity contribution in [2.24, 2.45) is 0 Å². The lowest BCUT2D eigenvalue weighted by molar-refractivity contribution is 0.0919. The Kier molecular flexibility index (Phi) is 5.64. The van der Waals surface area contributed by atoms with Gasteiger partial charge in [-0.15, -0.1) is 0 Å². The molecular weight excluding hydrogens is 350 g/mol. The highest BCUT2D eigenvalue weighted by Crippen LogP contribution is 2.28. The van der Waals surface area contributed by atoms with Crippen molar-refractivity contribution in [2.45, 2.75) is 11.3 Å². The minimum atomic E-state index is -3.94. The van der Waals surface area contributed by atoms with Gasteiger partial charge < -0.3 is 14.5 Å². The standard InChI is InChI=1S/C9H11BrClNO5S/c1-16-4-2-3-12-9(13)6-5-7(8(10)17-6)18(11,14)15/h5H,2-4H2,1H3,(H,12,13). The van der Waals surface area contributed by atoms with E-state index in [0.29, 0.717) is 19.6 Å². The first-order valence-corrected chi connectivity index (χ1v) is 7.97. The van der Waals surface area contributed by atoms with Crippen molar-refractivity contribution in [3.05, 3.63) is 16.5 Å². The topological polar surface area (TPSA) is 85.6 Å². The van der Waals surface area contributed by atoms with Gasteiger partial charge in [-0.3, -0.25) is 4.79 Å². The molecule has 102 valence electrons. The average molecular weight is 361 g/mol. The molecule has 18 heavy (non-hydrogen) atoms. The van der Waals surface area contributed by atoms with Crippen molar-refractivity contribution in [1.29, 1.82) is 0 Å². The molecule has 0 fully saturated rings. The minimum absolute atomic E-state index is 0.0976. The van der Waals surface area contributed by atoms with Crippen LogP contribution in [0.25, 0.3) is 0 Å². The van der Waals surface area contributed by atoms with Gasteiger partial charge in [0.25, 0.3) is 15.0 Å². The normalized spacial score (nSPS) is 11.5. The highest BCUT2D eigenvalue weighted by molar-refractivity contribution is 9.10. The van der Waals surface area contributed by atoms with Crippen LogP contribution in [0.15, 0.2) is 20.0 Å². The summed E-state index contributed by atoms with van der Waals surface area (Å²) in [7, 11) is 2.78. The lowest BCUT2D eigenvalue weighted by Gasteiger charge is -2.01. The van der Waals surface area contributed by atoms with Crippen LogP contribution < -0.4 is 5.32 Å². The van der Waals surface area contributed by atoms with E-state index in [1.807, 2.05) is 0 Å². The van der Waals surface area contributed by atoms with Gasteiger partial charge in [0.2, 0.25) is 0 Å². The van der Waals surface area contributed by atoms with E-state index in [9.17, 15) is 13.2 Å². The van der Waals surface area contributed by atoms with Crippen molar-refractivity contribution in [3.63, 3.8) is 0 Å². The third-order valence-electron chi connectivity index (χ3n) is 1.95. The second-order valence-electron chi connectivity index (χ2n) is 3.29. The van der Waals surface area contributed by atoms with Crippen LogP contribution in [0.2, 0.25) is 0 Å². The fraction of sp³-hybridized carbons (Fsp3) is 0.444. The largest absolute Gasteiger partial charge is 0.443 e. The molecule has 0 atom stereocenters. The van der Waals surface area contributed by atoms with E-state index < -0.39 is 15.0 Å². The molecular formula is C9H11BrClNO5S. The van der Waals surface area contributed by atoms with Crippen LogP contribution in [-0.2, 0) is 13.8 Å². The Morgan fingerprint density at radius 3 is 2.78 bits per heavy atom. The first kappa shape index (κ1) is 15.5. The summed E-state index contributed by atoms with van der Waals surface area (Å²) in [5, 5.41) is 2.55. The molecule has 0 aliphatic heterocycles. The smallest absolute Gasteiger partial charge is 0.287 e. The third kappa shape index (κ3) is 4.27. The molecule has 0 saturated carbocycles. The second-order valence-corrected chi connectivity index (χ2v) is 6.54. The molecule has 1 heterocycles. The monoisotopic (exact) mass is 359 g/mol. The molecule has 0 aliphatic rings. The van der Waals surface area contributed by atoms with Gasteiger partial charge in [0.05, 0.1) is 0 Å². The van der Waals surface area contributed by atoms with E-state index in [-0.39, 0.29) is 15.3 Å². The molecule has 0 aliphatic carbocycles. The predicted octanol–water partition coefficient (Wildman–Crippen LogP) is 1.74. The number of furan rings is 1. The summed E-state index contributed by atoms with van der Waals surface area (Å²) in [6.45, 7) is 0.914. The first-order valence-electron chi connectivity index (χ1n) is 4.87. The number of hydrogen-bond acceptors (Lipinski definition) is 5. The van der Waals surface area contributed by atoms with Gasteiger partial charge in [-0.1, -0.05) is 0 Å². The number of halogens is 2. The summed E-state index contributed by atoms with van der Waals surface area (Å²) >= 11 is 2.88. The summed E-state index contributed by atoms with van der Waals surface area (Å²) in [6, 6.07) is 1.07. The number of hydrogen-bond donors (Lipinski definition) is 1. The van der Waals surface area contributed by atoms with E-state index in [1.165, 1.54) is 0 Å². The summed E-state index contributed by atoms with van der Waals surface area (Å²) in [4.78, 5) is 11.3. The lowest BCUT2D eigenvalue weighted by Crippen LogP contribution is -2.24. The molecule has 0 radical (unpaired) electrons. The Labute approximate surface area is 117 Å². The van der Waals surface area contributed by atoms with E-state index in [4.69, 9.17) is 19.8 Å². The fourth-order valence-corrected chi connectivity index (χ4v) is 3.17. The lowest BCUT2D eigenvalue weighted by atomic mass is 10.4. The zero-order valence-corrected chi connectivity index (χ0v) is 12.6. The number of rotatable bonds is 6. The van der Waals surface area contributed by atoms with Gasteiger partial charge in [0, 0.05) is 37.0 Å². The van der Waals surface area contributed by atoms with E-state index in [1.54, 1.807) is 7.11 Å². The molecule has 0 aromatic carbocycles. The van der Waals surface area contributed by atoms with Crippen LogP contribution >= 0.6 is 26.6 Å². The highest BCUT2D eigenvalue weighted by Gasteiger charge is 2.22. The molecule has 1 N–H and O–H groups in total. The van der Waals surface area contributed by atoms with Gasteiger partial charge in [-0.25, -0.2) is 8.42 Å². The molecule has 1 rings (SSSR count). The van der Waals surface area contributed by atoms with Crippen molar-refractivity contribution in [1.82, 2.24) is 5.32 Å². The van der Waals surface area contributed by atoms with Crippen molar-refractivity contribution in [2.75, 3.05) is 20.3 Å². The molecule has 0 bridgehead atoms. The highest BCUT2D eigenvalue weighted by atomic mass is 79.9. The van der Waals surface area contributed by atoms with E-state index in [0.717, 1.165) is 6.07 Å². The van der Waals surface area contributed by atoms with Crippen molar-refractivity contribution < 1.29 is 22.4 Å². The number of ether oxygens (including phenoxy) is 1. The second kappa shape index (κ2) is 6.55. The van der Waals surface area contributed by atoms with Gasteiger partial charge >= 0.3 is 0 Å². The minimum Gasteiger partial charge on any atom is -0.443 e. The molecule has 0 unspecified atom stereocenters. The maximum Gasteiger partial charge on any atom is 0.287 e. The maximum atomic E-state index is 11.6. The zero-order chi connectivity index (χ0) is 13.8. The van der Waals surface area contributed by atoms with Crippen molar-refractivity contribution in [3.8, 4) is 0 Å². The number of amides is 1. The van der Waals surface area contributed by atoms with Crippen LogP contribution in [0, 0.1) is 0 Å². The predicted molar refractivity (Wildman–Crippen MR) is 68.3 cm³/mol. The molecule has 0 spiro atoms. The van der Waals surface area contributed by atoms with E-state index in [2.05, 4.69) is 21.2 Å². The van der Waals surface area contributed by atoms with Crippen LogP contribution in [-0.4, -0.2) is 34.6 Å². The zero-order valence-electron chi connectivity index (χ0n) is 9.40. The molecule has 0 saturated heterocycles. The molecule has 1 amide bonds. The number of carbonyl (C=O) groups is 1. The van der Waals surface area contributed by atoms with Gasteiger partial charge in [0.15, 0.2) is 10.4 Å². The van der Waals surface area contributed by atoms with Crippen molar-refractivity contribution >= 4 is 41.6 Å². The molecule has 1 aromatic heterocycles. The summed E-state index contributed by atoms with van der Waals surface area (Å²) in [5.41, 5.74) is 0. The fourth-order valence-electron chi connectivity index (χ4n) is 1.14. The van der Waals surface area contributed by atoms with Crippen LogP contribution in [0.4, 0.5) is 0 Å². The van der Waals surface area contributed by atoms with Crippen LogP contribution in [0.1, 0.15) is 17.0 Å². The summed E-state index contributed by atoms with van der Waals surface area (Å²) in [5.74, 6) is -0.642. The third-order valence-corrected chi connectivity index (χ3v) is 4.13. The Hall–Kier alpha value is -0.570. The number of nitrogens with one attached hydrogen (secondary N) is 1. The van der Waals surface area contributed by atoms with E-state index >= 15 is 0 Å². The Morgan fingerprint density at radius 1 is 1.61 bits per heavy atom. The Balaban J connectivity index is 2.71.